The zero-order chi connectivity index (χ0) is 13.7. The van der Waals surface area contributed by atoms with Crippen molar-refractivity contribution in [3.8, 4) is 0 Å². The Morgan fingerprint density at radius 1 is 1.22 bits per heavy atom. The summed E-state index contributed by atoms with van der Waals surface area (Å²) in [4.78, 5) is 43.3. The molecule has 0 N–H and O–H groups in total. The van der Waals surface area contributed by atoms with Crippen LogP contribution in [0.3, 0.4) is 0 Å². The lowest BCUT2D eigenvalue weighted by Crippen LogP contribution is -2.19. The van der Waals surface area contributed by atoms with Crippen LogP contribution in [0.5, 0.6) is 0 Å². The number of carbonyl (C=O) groups excluding carboxylic acids is 3. The van der Waals surface area contributed by atoms with Crippen LogP contribution in [0, 0.1) is 10.1 Å². The van der Waals surface area contributed by atoms with E-state index >= 15 is 0 Å². The highest BCUT2D eigenvalue weighted by atomic mass is 16.6. The van der Waals surface area contributed by atoms with E-state index in [2.05, 4.69) is 4.74 Å². The van der Waals surface area contributed by atoms with Crippen LogP contribution in [-0.4, -0.2) is 29.6 Å². The molecule has 0 aromatic heterocycles. The van der Waals surface area contributed by atoms with Gasteiger partial charge in [-0.25, -0.2) is 4.79 Å². The van der Waals surface area contributed by atoms with Crippen LogP contribution >= 0.6 is 0 Å². The van der Waals surface area contributed by atoms with Crippen molar-refractivity contribution >= 4 is 23.2 Å². The number of hydrogen-bond donors (Lipinski definition) is 0. The molecular weight excluding hydrogens is 242 g/mol. The van der Waals surface area contributed by atoms with Gasteiger partial charge in [-0.05, 0) is 12.1 Å². The summed E-state index contributed by atoms with van der Waals surface area (Å²) in [6.07, 6.45) is -0.621. The van der Waals surface area contributed by atoms with Gasteiger partial charge in [-0.3, -0.25) is 19.7 Å². The van der Waals surface area contributed by atoms with Crippen LogP contribution in [0.1, 0.15) is 16.8 Å². The number of rotatable bonds is 5. The number of ether oxygens (including phenoxy) is 1. The molecule has 7 nitrogen and oxygen atoms in total. The average molecular weight is 251 g/mol. The molecule has 1 aromatic rings. The largest absolute Gasteiger partial charge is 0.463 e. The van der Waals surface area contributed by atoms with E-state index in [9.17, 15) is 24.5 Å². The summed E-state index contributed by atoms with van der Waals surface area (Å²) >= 11 is 0. The van der Waals surface area contributed by atoms with E-state index in [4.69, 9.17) is 0 Å². The maximum atomic E-state index is 11.6. The summed E-state index contributed by atoms with van der Waals surface area (Å²) in [5, 5.41) is 10.4. The number of benzene rings is 1. The van der Waals surface area contributed by atoms with Crippen LogP contribution < -0.4 is 0 Å². The molecule has 94 valence electrons. The number of Topliss-reactive ketones (excluding diaryl/α,β-unsaturated/α-hetero) is 2. The minimum atomic E-state index is -1.09. The van der Waals surface area contributed by atoms with E-state index in [-0.39, 0.29) is 11.3 Å². The lowest BCUT2D eigenvalue weighted by Gasteiger charge is -1.99. The van der Waals surface area contributed by atoms with E-state index in [1.54, 1.807) is 0 Å². The minimum Gasteiger partial charge on any atom is -0.463 e. The predicted octanol–water partition coefficient (Wildman–Crippen LogP) is 0.910. The average Bonchev–Trinajstić information content (AvgIpc) is 2.37. The first-order valence-corrected chi connectivity index (χ1v) is 4.84. The number of esters is 1. The molecule has 0 aliphatic heterocycles. The molecule has 0 aliphatic rings. The van der Waals surface area contributed by atoms with Gasteiger partial charge in [0.25, 0.3) is 5.69 Å². The molecule has 0 radical (unpaired) electrons. The molecule has 0 atom stereocenters. The third-order valence-corrected chi connectivity index (χ3v) is 2.13. The Morgan fingerprint density at radius 2 is 1.78 bits per heavy atom. The van der Waals surface area contributed by atoms with Crippen molar-refractivity contribution in [2.24, 2.45) is 0 Å². The van der Waals surface area contributed by atoms with E-state index in [0.717, 1.165) is 19.2 Å². The number of non-ortho nitro benzene ring substituents is 1. The van der Waals surface area contributed by atoms with E-state index < -0.39 is 28.9 Å². The molecule has 0 saturated heterocycles. The van der Waals surface area contributed by atoms with Crippen LogP contribution in [0.2, 0.25) is 0 Å². The van der Waals surface area contributed by atoms with Gasteiger partial charge in [0.15, 0.2) is 5.78 Å². The van der Waals surface area contributed by atoms with Crippen molar-refractivity contribution in [3.63, 3.8) is 0 Å². The number of nitrogens with zero attached hydrogens (tertiary/aromatic N) is 1. The second-order valence-electron chi connectivity index (χ2n) is 3.32. The van der Waals surface area contributed by atoms with Crippen molar-refractivity contribution in [1.82, 2.24) is 0 Å². The van der Waals surface area contributed by atoms with Gasteiger partial charge in [0.1, 0.15) is 0 Å². The highest BCUT2D eigenvalue weighted by Crippen LogP contribution is 2.13. The summed E-state index contributed by atoms with van der Waals surface area (Å²) in [7, 11) is 1.04. The third-order valence-electron chi connectivity index (χ3n) is 2.13. The number of hydrogen-bond acceptors (Lipinski definition) is 6. The van der Waals surface area contributed by atoms with E-state index in [0.29, 0.717) is 0 Å². The second kappa shape index (κ2) is 5.67. The van der Waals surface area contributed by atoms with E-state index in [1.165, 1.54) is 12.1 Å². The number of carbonyl (C=O) groups is 3. The van der Waals surface area contributed by atoms with Gasteiger partial charge >= 0.3 is 5.97 Å². The fraction of sp³-hybridized carbons (Fsp3) is 0.182. The number of ketones is 2. The van der Waals surface area contributed by atoms with Gasteiger partial charge in [0, 0.05) is 17.7 Å². The molecule has 0 unspecified atom stereocenters. The quantitative estimate of drug-likeness (QED) is 0.192. The third kappa shape index (κ3) is 3.21. The molecule has 7 heteroatoms. The molecule has 18 heavy (non-hydrogen) atoms. The molecule has 0 heterocycles. The van der Waals surface area contributed by atoms with Crippen molar-refractivity contribution in [3.05, 3.63) is 39.9 Å². The molecule has 1 aromatic carbocycles. The van der Waals surface area contributed by atoms with Crippen molar-refractivity contribution in [2.75, 3.05) is 7.11 Å². The number of methoxy groups -OCH3 is 1. The Bertz CT molecular complexity index is 505. The summed E-state index contributed by atoms with van der Waals surface area (Å²) in [6.45, 7) is 0. The topological polar surface area (TPSA) is 104 Å². The van der Waals surface area contributed by atoms with Gasteiger partial charge in [0.2, 0.25) is 5.78 Å². The number of nitro groups is 1. The fourth-order valence-corrected chi connectivity index (χ4v) is 1.20. The molecule has 0 bridgehead atoms. The molecular formula is C11H9NO6. The van der Waals surface area contributed by atoms with Gasteiger partial charge in [-0.15, -0.1) is 0 Å². The van der Waals surface area contributed by atoms with Gasteiger partial charge in [-0.1, -0.05) is 0 Å². The Kier molecular flexibility index (Phi) is 4.25. The van der Waals surface area contributed by atoms with Crippen molar-refractivity contribution < 1.29 is 24.0 Å². The predicted molar refractivity (Wildman–Crippen MR) is 59.1 cm³/mol. The van der Waals surface area contributed by atoms with Gasteiger partial charge < -0.3 is 4.74 Å². The Labute approximate surface area is 102 Å². The molecule has 0 aliphatic carbocycles. The summed E-state index contributed by atoms with van der Waals surface area (Å²) < 4.78 is 4.17. The van der Waals surface area contributed by atoms with Gasteiger partial charge in [-0.2, -0.15) is 0 Å². The Hall–Kier alpha value is -2.57. The zero-order valence-electron chi connectivity index (χ0n) is 9.41. The standard InChI is InChI=1S/C11H9NO6/c1-18-11(15)10(14)6-9(13)7-2-4-8(5-3-7)12(16)17/h2-5H,6H2,1H3. The van der Waals surface area contributed by atoms with Crippen molar-refractivity contribution in [1.29, 1.82) is 0 Å². The molecule has 0 amide bonds. The second-order valence-corrected chi connectivity index (χ2v) is 3.32. The molecule has 1 rings (SSSR count). The molecule has 0 saturated carbocycles. The lowest BCUT2D eigenvalue weighted by molar-refractivity contribution is -0.384. The Morgan fingerprint density at radius 3 is 2.22 bits per heavy atom. The highest BCUT2D eigenvalue weighted by molar-refractivity contribution is 6.38. The first-order chi connectivity index (χ1) is 8.45. The van der Waals surface area contributed by atoms with E-state index in [1.807, 2.05) is 0 Å². The summed E-state index contributed by atoms with van der Waals surface area (Å²) in [5.41, 5.74) is -0.0382. The first kappa shape index (κ1) is 13.5. The summed E-state index contributed by atoms with van der Waals surface area (Å²) in [5.74, 6) is -2.65. The van der Waals surface area contributed by atoms with Crippen LogP contribution in [0.15, 0.2) is 24.3 Å². The molecule has 0 spiro atoms. The smallest absolute Gasteiger partial charge is 0.374 e. The van der Waals surface area contributed by atoms with Crippen molar-refractivity contribution in [2.45, 2.75) is 6.42 Å². The van der Waals surface area contributed by atoms with Crippen LogP contribution in [0.4, 0.5) is 5.69 Å². The number of nitro benzene ring substituents is 1. The zero-order valence-corrected chi connectivity index (χ0v) is 9.41. The summed E-state index contributed by atoms with van der Waals surface area (Å²) in [6, 6.07) is 4.75. The first-order valence-electron chi connectivity index (χ1n) is 4.84. The minimum absolute atomic E-state index is 0.123. The molecule has 0 fully saturated rings. The maximum Gasteiger partial charge on any atom is 0.374 e. The monoisotopic (exact) mass is 251 g/mol. The maximum absolute atomic E-state index is 11.6. The Balaban J connectivity index is 2.76. The normalized spacial score (nSPS) is 9.61. The lowest BCUT2D eigenvalue weighted by atomic mass is 10.1. The fourth-order valence-electron chi connectivity index (χ4n) is 1.20. The van der Waals surface area contributed by atoms with Gasteiger partial charge in [0.05, 0.1) is 18.5 Å². The SMILES string of the molecule is COC(=O)C(=O)CC(=O)c1ccc([N+](=O)[O-])cc1. The highest BCUT2D eigenvalue weighted by Gasteiger charge is 2.19. The van der Waals surface area contributed by atoms with Crippen LogP contribution in [-0.2, 0) is 14.3 Å². The van der Waals surface area contributed by atoms with Crippen LogP contribution in [0.25, 0.3) is 0 Å².